The highest BCUT2D eigenvalue weighted by Gasteiger charge is 2.27. The van der Waals surface area contributed by atoms with Crippen LogP contribution in [0.5, 0.6) is 0 Å². The summed E-state index contributed by atoms with van der Waals surface area (Å²) in [6, 6.07) is 9.76. The van der Waals surface area contributed by atoms with Crippen molar-refractivity contribution >= 4 is 50.7 Å². The number of carbonyl (C=O) groups is 2. The number of para-hydroxylation sites is 1. The summed E-state index contributed by atoms with van der Waals surface area (Å²) < 4.78 is 39.8. The predicted molar refractivity (Wildman–Crippen MR) is 142 cm³/mol. The van der Waals surface area contributed by atoms with E-state index in [0.29, 0.717) is 22.2 Å². The van der Waals surface area contributed by atoms with Gasteiger partial charge in [0.15, 0.2) is 0 Å². The number of unbranched alkanes of at least 4 members (excludes halogenated alkanes) is 1. The van der Waals surface area contributed by atoms with Crippen LogP contribution in [0.2, 0.25) is 10.0 Å². The number of sulfonamides is 1. The van der Waals surface area contributed by atoms with Crippen molar-refractivity contribution in [1.82, 2.24) is 10.2 Å². The van der Waals surface area contributed by atoms with Crippen LogP contribution in [0.3, 0.4) is 0 Å². The number of nitrogens with one attached hydrogen (secondary N) is 1. The van der Waals surface area contributed by atoms with Crippen molar-refractivity contribution < 1.29 is 22.4 Å². The fourth-order valence-electron chi connectivity index (χ4n) is 3.59. The molecule has 2 rings (SSSR count). The number of rotatable bonds is 13. The smallest absolute Gasteiger partial charge is 0.242 e. The minimum atomic E-state index is -3.78. The second kappa shape index (κ2) is 13.8. The number of hydrogen-bond acceptors (Lipinski definition) is 4. The zero-order valence-electron chi connectivity index (χ0n) is 20.6. The van der Waals surface area contributed by atoms with Gasteiger partial charge in [-0.3, -0.25) is 13.9 Å². The molecule has 2 aromatic rings. The summed E-state index contributed by atoms with van der Waals surface area (Å²) in [5, 5.41) is 3.54. The summed E-state index contributed by atoms with van der Waals surface area (Å²) in [5.41, 5.74) is 0.610. The number of nitrogens with zero attached hydrogens (tertiary/aromatic N) is 2. The van der Waals surface area contributed by atoms with Gasteiger partial charge in [0.05, 0.1) is 22.0 Å². The minimum Gasteiger partial charge on any atom is -0.354 e. The monoisotopic (exact) mass is 559 g/mol. The molecule has 11 heteroatoms. The molecule has 0 bridgehead atoms. The molecule has 1 N–H and O–H groups in total. The summed E-state index contributed by atoms with van der Waals surface area (Å²) in [6.07, 6.45) is 2.80. The van der Waals surface area contributed by atoms with E-state index < -0.39 is 21.9 Å². The van der Waals surface area contributed by atoms with Gasteiger partial charge >= 0.3 is 0 Å². The molecule has 0 aliphatic rings. The van der Waals surface area contributed by atoms with Gasteiger partial charge in [-0.25, -0.2) is 12.8 Å². The van der Waals surface area contributed by atoms with Gasteiger partial charge in [0.2, 0.25) is 21.8 Å². The van der Waals surface area contributed by atoms with Crippen LogP contribution in [0.1, 0.15) is 45.1 Å². The Kier molecular flexibility index (Phi) is 11.5. The highest BCUT2D eigenvalue weighted by molar-refractivity contribution is 7.92. The van der Waals surface area contributed by atoms with Crippen molar-refractivity contribution in [3.05, 3.63) is 63.9 Å². The SMILES string of the molecule is CCCCNC(=O)[C@@H](C)N(Cc1ccc(Cl)c(Cl)c1)C(=O)CCCN(c1ccccc1F)S(C)(=O)=O. The quantitative estimate of drug-likeness (QED) is 0.349. The fourth-order valence-corrected chi connectivity index (χ4v) is 4.88. The standard InChI is InChI=1S/C25H32Cl2FN3O4S/c1-4-5-14-29-25(33)18(2)30(17-19-12-13-20(26)21(27)16-19)24(32)11-8-15-31(36(3,34)35)23-10-7-6-9-22(23)28/h6-7,9-10,12-13,16,18H,4-5,8,11,14-15,17H2,1-3H3,(H,29,33)/t18-/m1/s1. The first-order chi connectivity index (χ1) is 17.0. The number of hydrogen-bond donors (Lipinski definition) is 1. The van der Waals surface area contributed by atoms with Crippen LogP contribution in [0.15, 0.2) is 42.5 Å². The minimum absolute atomic E-state index is 0.0472. The van der Waals surface area contributed by atoms with Crippen LogP contribution in [-0.4, -0.2) is 50.5 Å². The lowest BCUT2D eigenvalue weighted by atomic mass is 10.1. The summed E-state index contributed by atoms with van der Waals surface area (Å²) >= 11 is 12.1. The van der Waals surface area contributed by atoms with Crippen LogP contribution in [0, 0.1) is 5.82 Å². The Morgan fingerprint density at radius 2 is 1.78 bits per heavy atom. The van der Waals surface area contributed by atoms with Gasteiger partial charge < -0.3 is 10.2 Å². The van der Waals surface area contributed by atoms with Crippen LogP contribution in [0.25, 0.3) is 0 Å². The third-order valence-corrected chi connectivity index (χ3v) is 7.53. The van der Waals surface area contributed by atoms with Crippen molar-refractivity contribution in [3.63, 3.8) is 0 Å². The van der Waals surface area contributed by atoms with E-state index in [4.69, 9.17) is 23.2 Å². The Labute approximate surface area is 222 Å². The van der Waals surface area contributed by atoms with Crippen LogP contribution < -0.4 is 9.62 Å². The highest BCUT2D eigenvalue weighted by Crippen LogP contribution is 2.25. The van der Waals surface area contributed by atoms with Gasteiger partial charge in [0.25, 0.3) is 0 Å². The predicted octanol–water partition coefficient (Wildman–Crippen LogP) is 5.01. The molecule has 0 radical (unpaired) electrons. The lowest BCUT2D eigenvalue weighted by Crippen LogP contribution is -2.48. The molecule has 2 aromatic carbocycles. The Hall–Kier alpha value is -2.36. The normalized spacial score (nSPS) is 12.2. The first-order valence-corrected chi connectivity index (χ1v) is 14.3. The molecule has 0 aliphatic carbocycles. The summed E-state index contributed by atoms with van der Waals surface area (Å²) in [4.78, 5) is 27.4. The van der Waals surface area contributed by atoms with Crippen LogP contribution in [0.4, 0.5) is 10.1 Å². The van der Waals surface area contributed by atoms with Crippen molar-refractivity contribution in [2.45, 2.75) is 52.1 Å². The number of amides is 2. The molecule has 198 valence electrons. The molecule has 1 atom stereocenters. The lowest BCUT2D eigenvalue weighted by molar-refractivity contribution is -0.140. The van der Waals surface area contributed by atoms with E-state index >= 15 is 0 Å². The second-order valence-corrected chi connectivity index (χ2v) is 11.2. The van der Waals surface area contributed by atoms with Crippen LogP contribution >= 0.6 is 23.2 Å². The van der Waals surface area contributed by atoms with Crippen molar-refractivity contribution in [1.29, 1.82) is 0 Å². The number of anilines is 1. The third kappa shape index (κ3) is 8.64. The molecule has 0 spiro atoms. The molecule has 0 saturated carbocycles. The summed E-state index contributed by atoms with van der Waals surface area (Å²) in [5.74, 6) is -1.31. The molecule has 0 heterocycles. The van der Waals surface area contributed by atoms with Crippen molar-refractivity contribution in [3.8, 4) is 0 Å². The Morgan fingerprint density at radius 1 is 1.08 bits per heavy atom. The average Bonchev–Trinajstić information content (AvgIpc) is 2.82. The molecule has 36 heavy (non-hydrogen) atoms. The van der Waals surface area contributed by atoms with Crippen molar-refractivity contribution in [2.24, 2.45) is 0 Å². The van der Waals surface area contributed by atoms with E-state index in [1.54, 1.807) is 31.2 Å². The maximum absolute atomic E-state index is 14.3. The Balaban J connectivity index is 2.18. The molecule has 0 saturated heterocycles. The molecule has 0 unspecified atom stereocenters. The molecule has 2 amide bonds. The van der Waals surface area contributed by atoms with Gasteiger partial charge in [0.1, 0.15) is 11.9 Å². The first kappa shape index (κ1) is 29.9. The van der Waals surface area contributed by atoms with E-state index in [2.05, 4.69) is 5.32 Å². The van der Waals surface area contributed by atoms with E-state index in [1.807, 2.05) is 6.92 Å². The second-order valence-electron chi connectivity index (χ2n) is 8.48. The van der Waals surface area contributed by atoms with E-state index in [9.17, 15) is 22.4 Å². The van der Waals surface area contributed by atoms with Gasteiger partial charge in [0, 0.05) is 26.1 Å². The lowest BCUT2D eigenvalue weighted by Gasteiger charge is -2.29. The zero-order valence-corrected chi connectivity index (χ0v) is 23.0. The van der Waals surface area contributed by atoms with E-state index in [0.717, 1.165) is 23.4 Å². The maximum Gasteiger partial charge on any atom is 0.242 e. The van der Waals surface area contributed by atoms with E-state index in [1.165, 1.54) is 23.1 Å². The van der Waals surface area contributed by atoms with Crippen molar-refractivity contribution in [2.75, 3.05) is 23.7 Å². The number of benzene rings is 2. The largest absolute Gasteiger partial charge is 0.354 e. The topological polar surface area (TPSA) is 86.8 Å². The highest BCUT2D eigenvalue weighted by atomic mass is 35.5. The maximum atomic E-state index is 14.3. The third-order valence-electron chi connectivity index (χ3n) is 5.61. The zero-order chi connectivity index (χ0) is 26.9. The average molecular weight is 561 g/mol. The Morgan fingerprint density at radius 3 is 2.39 bits per heavy atom. The molecule has 0 fully saturated rings. The van der Waals surface area contributed by atoms with Crippen LogP contribution in [-0.2, 0) is 26.2 Å². The van der Waals surface area contributed by atoms with Gasteiger partial charge in [-0.1, -0.05) is 54.7 Å². The number of carbonyl (C=O) groups excluding carboxylic acids is 2. The summed E-state index contributed by atoms with van der Waals surface area (Å²) in [6.45, 7) is 4.17. The Bertz CT molecular complexity index is 1160. The molecule has 0 aliphatic heterocycles. The van der Waals surface area contributed by atoms with Gasteiger partial charge in [-0.2, -0.15) is 0 Å². The number of halogens is 3. The molecule has 0 aromatic heterocycles. The fraction of sp³-hybridized carbons (Fsp3) is 0.440. The molecular weight excluding hydrogens is 528 g/mol. The van der Waals surface area contributed by atoms with Gasteiger partial charge in [-0.15, -0.1) is 0 Å². The molecular formula is C25H32Cl2FN3O4S. The summed E-state index contributed by atoms with van der Waals surface area (Å²) in [7, 11) is -3.78. The molecule has 7 nitrogen and oxygen atoms in total. The first-order valence-electron chi connectivity index (χ1n) is 11.7. The van der Waals surface area contributed by atoms with E-state index in [-0.39, 0.29) is 43.4 Å². The van der Waals surface area contributed by atoms with Gasteiger partial charge in [-0.05, 0) is 49.6 Å².